The minimum atomic E-state index is -2.01. The summed E-state index contributed by atoms with van der Waals surface area (Å²) in [5.74, 6) is -2.01. The molecule has 55 valence electrons. The Hall–Kier alpha value is 0.230. The van der Waals surface area contributed by atoms with Crippen molar-refractivity contribution in [3.63, 3.8) is 0 Å². The van der Waals surface area contributed by atoms with Crippen LogP contribution in [0.2, 0.25) is 0 Å². The fraction of sp³-hybridized carbons (Fsp3) is 0.800. The summed E-state index contributed by atoms with van der Waals surface area (Å²) in [6, 6.07) is 0. The third-order valence-electron chi connectivity index (χ3n) is 1.03. The van der Waals surface area contributed by atoms with Gasteiger partial charge in [-0.2, -0.15) is 0 Å². The number of aliphatic hydroxyl groups is 3. The van der Waals surface area contributed by atoms with Gasteiger partial charge in [0.25, 0.3) is 0 Å². The minimum absolute atomic E-state index is 0.0969. The zero-order valence-electron chi connectivity index (χ0n) is 5.46. The van der Waals surface area contributed by atoms with E-state index in [9.17, 15) is 0 Å². The molecular weight excluding hydrogens is 140 g/mol. The topological polar surface area (TPSA) is 60.7 Å². The van der Waals surface area contributed by atoms with E-state index in [2.05, 4.69) is 0 Å². The molecule has 0 spiro atoms. The first-order valence-electron chi connectivity index (χ1n) is 2.59. The summed E-state index contributed by atoms with van der Waals surface area (Å²) in [4.78, 5) is 0. The number of rotatable bonds is 3. The molecule has 0 aromatic carbocycles. The summed E-state index contributed by atoms with van der Waals surface area (Å²) in [5.41, 5.74) is -0.356. The van der Waals surface area contributed by atoms with Gasteiger partial charge in [0.1, 0.15) is 0 Å². The van der Waals surface area contributed by atoms with Crippen LogP contribution in [0.1, 0.15) is 13.3 Å². The Morgan fingerprint density at radius 2 is 2.00 bits per heavy atom. The molecule has 0 unspecified atom stereocenters. The van der Waals surface area contributed by atoms with E-state index in [1.807, 2.05) is 0 Å². The summed E-state index contributed by atoms with van der Waals surface area (Å²) in [5, 5.41) is 26.4. The Labute approximate surface area is 58.7 Å². The number of aliphatic hydroxyl groups excluding tert-OH is 1. The highest BCUT2D eigenvalue weighted by Gasteiger charge is 2.31. The molecule has 3 nitrogen and oxygen atoms in total. The number of thioether (sulfide) groups is 1. The van der Waals surface area contributed by atoms with Crippen LogP contribution in [0.25, 0.3) is 0 Å². The van der Waals surface area contributed by atoms with Crippen LogP contribution in [0, 0.1) is 5.44 Å². The van der Waals surface area contributed by atoms with Gasteiger partial charge in [-0.3, -0.25) is 0 Å². The van der Waals surface area contributed by atoms with Gasteiger partial charge < -0.3 is 15.3 Å². The lowest BCUT2D eigenvalue weighted by Crippen LogP contribution is -2.33. The molecule has 0 atom stereocenters. The largest absolute Gasteiger partial charge is 0.371 e. The zero-order chi connectivity index (χ0) is 7.49. The van der Waals surface area contributed by atoms with E-state index in [-0.39, 0.29) is 11.9 Å². The third kappa shape index (κ3) is 2.53. The maximum Gasteiger partial charge on any atom is 0.208 e. The van der Waals surface area contributed by atoms with Gasteiger partial charge in [0, 0.05) is 6.42 Å². The molecule has 0 aliphatic rings. The average molecular weight is 151 g/mol. The summed E-state index contributed by atoms with van der Waals surface area (Å²) < 4.78 is 0. The molecule has 0 saturated carbocycles. The zero-order valence-corrected chi connectivity index (χ0v) is 6.27. The average Bonchev–Trinajstić information content (AvgIpc) is 1.86. The first kappa shape index (κ1) is 9.23. The molecule has 0 amide bonds. The van der Waals surface area contributed by atoms with E-state index in [4.69, 9.17) is 15.3 Å². The van der Waals surface area contributed by atoms with E-state index in [1.165, 1.54) is 0 Å². The summed E-state index contributed by atoms with van der Waals surface area (Å²) >= 11 is 0.929. The number of hydrogen-bond acceptors (Lipinski definition) is 4. The molecule has 3 N–H and O–H groups in total. The Morgan fingerprint density at radius 3 is 2.11 bits per heavy atom. The molecule has 0 bridgehead atoms. The molecule has 0 heterocycles. The third-order valence-corrected chi connectivity index (χ3v) is 1.74. The van der Waals surface area contributed by atoms with Gasteiger partial charge in [0.2, 0.25) is 11.2 Å². The van der Waals surface area contributed by atoms with Crippen LogP contribution in [-0.2, 0) is 0 Å². The van der Waals surface area contributed by atoms with Gasteiger partial charge in [0.15, 0.2) is 0 Å². The molecule has 4 heteroatoms. The first-order chi connectivity index (χ1) is 4.04. The predicted octanol–water partition coefficient (Wildman–Crippen LogP) is 0.302. The molecule has 1 radical (unpaired) electrons. The molecule has 0 aliphatic carbocycles. The van der Waals surface area contributed by atoms with E-state index < -0.39 is 5.79 Å². The minimum Gasteiger partial charge on any atom is -0.371 e. The Bertz CT molecular complexity index is 84.3. The molecular formula is C5H11O3S. The van der Waals surface area contributed by atoms with Gasteiger partial charge in [-0.15, -0.1) is 11.8 Å². The van der Waals surface area contributed by atoms with Crippen molar-refractivity contribution in [1.82, 2.24) is 0 Å². The van der Waals surface area contributed by atoms with Crippen molar-refractivity contribution < 1.29 is 15.3 Å². The van der Waals surface area contributed by atoms with Crippen LogP contribution in [0.5, 0.6) is 0 Å². The van der Waals surface area contributed by atoms with Gasteiger partial charge >= 0.3 is 0 Å². The number of hydrogen-bond donors (Lipinski definition) is 3. The second kappa shape index (κ2) is 3.41. The van der Waals surface area contributed by atoms with Gasteiger partial charge in [0.05, 0.1) is 0 Å². The summed E-state index contributed by atoms with van der Waals surface area (Å²) in [6.45, 7) is 1.58. The van der Waals surface area contributed by atoms with Crippen LogP contribution in [0.15, 0.2) is 0 Å². The monoisotopic (exact) mass is 151 g/mol. The lowest BCUT2D eigenvalue weighted by atomic mass is 10.2. The van der Waals surface area contributed by atoms with E-state index in [0.29, 0.717) is 0 Å². The Balaban J connectivity index is 3.80. The smallest absolute Gasteiger partial charge is 0.208 e. The van der Waals surface area contributed by atoms with E-state index in [0.717, 1.165) is 11.8 Å². The van der Waals surface area contributed by atoms with E-state index >= 15 is 0 Å². The molecule has 0 fully saturated rings. The predicted molar refractivity (Wildman–Crippen MR) is 36.2 cm³/mol. The maximum absolute atomic E-state index is 8.84. The maximum atomic E-state index is 8.84. The first-order valence-corrected chi connectivity index (χ1v) is 3.82. The lowest BCUT2D eigenvalue weighted by Gasteiger charge is -2.22. The lowest BCUT2D eigenvalue weighted by molar-refractivity contribution is -0.165. The quantitative estimate of drug-likeness (QED) is 0.508. The van der Waals surface area contributed by atoms with Crippen LogP contribution >= 0.6 is 11.8 Å². The second-order valence-electron chi connectivity index (χ2n) is 1.68. The fourth-order valence-electron chi connectivity index (χ4n) is 0.315. The standard InChI is InChI=1S/C5H11O3S/c1-3-5(7,8)4(6)9-2/h6-8H,3H2,1-2H3. The Morgan fingerprint density at radius 1 is 1.56 bits per heavy atom. The van der Waals surface area contributed by atoms with Crippen molar-refractivity contribution in [2.45, 2.75) is 19.1 Å². The van der Waals surface area contributed by atoms with Gasteiger partial charge in [-0.25, -0.2) is 0 Å². The van der Waals surface area contributed by atoms with Gasteiger partial charge in [-0.1, -0.05) is 6.92 Å². The highest BCUT2D eigenvalue weighted by molar-refractivity contribution is 8.01. The molecule has 0 saturated heterocycles. The highest BCUT2D eigenvalue weighted by atomic mass is 32.2. The van der Waals surface area contributed by atoms with Crippen LogP contribution < -0.4 is 0 Å². The van der Waals surface area contributed by atoms with Crippen molar-refractivity contribution in [2.75, 3.05) is 6.26 Å². The van der Waals surface area contributed by atoms with Gasteiger partial charge in [-0.05, 0) is 6.26 Å². The summed E-state index contributed by atoms with van der Waals surface area (Å²) in [7, 11) is 0. The van der Waals surface area contributed by atoms with Crippen molar-refractivity contribution in [1.29, 1.82) is 0 Å². The van der Waals surface area contributed by atoms with Crippen LogP contribution in [-0.4, -0.2) is 27.4 Å². The molecule has 0 aromatic heterocycles. The van der Waals surface area contributed by atoms with Crippen LogP contribution in [0.4, 0.5) is 0 Å². The van der Waals surface area contributed by atoms with E-state index in [1.54, 1.807) is 13.2 Å². The summed E-state index contributed by atoms with van der Waals surface area (Å²) in [6.07, 6.45) is 1.67. The van der Waals surface area contributed by atoms with Crippen molar-refractivity contribution in [3.8, 4) is 0 Å². The Kier molecular flexibility index (Phi) is 3.50. The second-order valence-corrected chi connectivity index (χ2v) is 2.47. The molecule has 0 aliphatic heterocycles. The molecule has 9 heavy (non-hydrogen) atoms. The SMILES string of the molecule is CCC(O)(O)[C](O)SC. The molecule has 0 rings (SSSR count). The van der Waals surface area contributed by atoms with Crippen molar-refractivity contribution in [3.05, 3.63) is 5.44 Å². The molecule has 0 aromatic rings. The normalized spacial score (nSPS) is 12.7. The highest BCUT2D eigenvalue weighted by Crippen LogP contribution is 2.26. The van der Waals surface area contributed by atoms with Crippen molar-refractivity contribution in [2.24, 2.45) is 0 Å². The van der Waals surface area contributed by atoms with Crippen molar-refractivity contribution >= 4 is 11.8 Å². The van der Waals surface area contributed by atoms with Crippen LogP contribution in [0.3, 0.4) is 0 Å². The fourth-order valence-corrected chi connectivity index (χ4v) is 0.786.